The van der Waals surface area contributed by atoms with Gasteiger partial charge in [0, 0.05) is 17.4 Å². The van der Waals surface area contributed by atoms with Gasteiger partial charge >= 0.3 is 6.18 Å². The lowest BCUT2D eigenvalue weighted by atomic mass is 10.1. The van der Waals surface area contributed by atoms with Crippen molar-refractivity contribution in [3.63, 3.8) is 0 Å². The second-order valence-corrected chi connectivity index (χ2v) is 4.25. The number of anilines is 3. The van der Waals surface area contributed by atoms with E-state index >= 15 is 0 Å². The fourth-order valence-corrected chi connectivity index (χ4v) is 1.76. The van der Waals surface area contributed by atoms with Crippen LogP contribution >= 0.6 is 0 Å². The molecule has 0 saturated heterocycles. The number of aromatic nitrogens is 2. The van der Waals surface area contributed by atoms with Crippen molar-refractivity contribution in [2.75, 3.05) is 11.1 Å². The summed E-state index contributed by atoms with van der Waals surface area (Å²) in [5.41, 5.74) is 4.76. The number of nitrogens with one attached hydrogen (secondary N) is 1. The molecule has 0 atom stereocenters. The Hall–Kier alpha value is -2.82. The molecule has 0 unspecified atom stereocenters. The molecule has 0 aliphatic heterocycles. The van der Waals surface area contributed by atoms with Gasteiger partial charge < -0.3 is 11.1 Å². The van der Waals surface area contributed by atoms with Gasteiger partial charge in [-0.1, -0.05) is 0 Å². The zero-order valence-corrected chi connectivity index (χ0v) is 10.9. The molecule has 3 N–H and O–H groups in total. The summed E-state index contributed by atoms with van der Waals surface area (Å²) in [5.74, 6) is 0.292. The number of benzene rings is 1. The number of hydrogen-bond donors (Lipinski definition) is 2. The van der Waals surface area contributed by atoms with E-state index in [9.17, 15) is 13.2 Å². The van der Waals surface area contributed by atoms with Gasteiger partial charge in [0.05, 0.1) is 17.2 Å². The molecule has 1 heterocycles. The Morgan fingerprint density at radius 3 is 2.52 bits per heavy atom. The van der Waals surface area contributed by atoms with E-state index in [1.807, 2.05) is 0 Å². The number of alkyl halides is 3. The van der Waals surface area contributed by atoms with Crippen molar-refractivity contribution in [1.29, 1.82) is 5.26 Å². The van der Waals surface area contributed by atoms with Gasteiger partial charge in [-0.25, -0.2) is 4.98 Å². The molecule has 0 fully saturated rings. The molecule has 2 rings (SSSR count). The van der Waals surface area contributed by atoms with E-state index in [0.29, 0.717) is 5.69 Å². The molecule has 0 spiro atoms. The molecule has 0 amide bonds. The van der Waals surface area contributed by atoms with Crippen molar-refractivity contribution in [1.82, 2.24) is 9.97 Å². The monoisotopic (exact) mass is 293 g/mol. The van der Waals surface area contributed by atoms with Gasteiger partial charge in [-0.05, 0) is 25.1 Å². The Labute approximate surface area is 118 Å². The Morgan fingerprint density at radius 1 is 1.24 bits per heavy atom. The predicted molar refractivity (Wildman–Crippen MR) is 70.6 cm³/mol. The molecule has 1 aromatic heterocycles. The van der Waals surface area contributed by atoms with E-state index < -0.39 is 17.3 Å². The third-order valence-corrected chi connectivity index (χ3v) is 2.59. The lowest BCUT2D eigenvalue weighted by Crippen LogP contribution is -2.09. The summed E-state index contributed by atoms with van der Waals surface area (Å²) in [6.45, 7) is 1.68. The van der Waals surface area contributed by atoms with Crippen molar-refractivity contribution >= 4 is 17.5 Å². The number of nitrogens with zero attached hydrogens (tertiary/aromatic N) is 3. The van der Waals surface area contributed by atoms with Gasteiger partial charge in [-0.15, -0.1) is 0 Å². The SMILES string of the molecule is Cc1cc(Nc2ccc(C#N)c(C(F)(F)F)c2)nc(N)n1. The van der Waals surface area contributed by atoms with Crippen LogP contribution < -0.4 is 11.1 Å². The number of nitriles is 1. The van der Waals surface area contributed by atoms with Crippen LogP contribution in [0.25, 0.3) is 0 Å². The van der Waals surface area contributed by atoms with Crippen LogP contribution in [0, 0.1) is 18.3 Å². The van der Waals surface area contributed by atoms with E-state index in [1.54, 1.807) is 13.0 Å². The minimum atomic E-state index is -4.61. The normalized spacial score (nSPS) is 11.0. The summed E-state index contributed by atoms with van der Waals surface area (Å²) in [6.07, 6.45) is -4.61. The van der Waals surface area contributed by atoms with Crippen molar-refractivity contribution in [3.8, 4) is 6.07 Å². The lowest BCUT2D eigenvalue weighted by Gasteiger charge is -2.12. The first-order chi connectivity index (χ1) is 9.79. The van der Waals surface area contributed by atoms with Crippen LogP contribution in [0.5, 0.6) is 0 Å². The first kappa shape index (κ1) is 14.6. The second kappa shape index (κ2) is 5.28. The maximum absolute atomic E-state index is 12.9. The molecule has 0 radical (unpaired) electrons. The van der Waals surface area contributed by atoms with Crippen LogP contribution in [0.1, 0.15) is 16.8 Å². The third-order valence-electron chi connectivity index (χ3n) is 2.59. The first-order valence-corrected chi connectivity index (χ1v) is 5.79. The topological polar surface area (TPSA) is 87.6 Å². The second-order valence-electron chi connectivity index (χ2n) is 4.25. The number of rotatable bonds is 2. The number of nitrogen functional groups attached to an aromatic ring is 1. The van der Waals surface area contributed by atoms with E-state index in [1.165, 1.54) is 12.1 Å². The van der Waals surface area contributed by atoms with Crippen LogP contribution in [0.2, 0.25) is 0 Å². The minimum Gasteiger partial charge on any atom is -0.368 e. The van der Waals surface area contributed by atoms with Crippen molar-refractivity contribution in [3.05, 3.63) is 41.1 Å². The highest BCUT2D eigenvalue weighted by Crippen LogP contribution is 2.34. The summed E-state index contributed by atoms with van der Waals surface area (Å²) in [7, 11) is 0. The standard InChI is InChI=1S/C13H10F3N5/c1-7-4-11(21-12(18)19-7)20-9-3-2-8(6-17)10(5-9)13(14,15)16/h2-5H,1H3,(H3,18,19,20,21). The van der Waals surface area contributed by atoms with Crippen LogP contribution in [-0.2, 0) is 6.18 Å². The lowest BCUT2D eigenvalue weighted by molar-refractivity contribution is -0.137. The number of aryl methyl sites for hydroxylation is 1. The molecule has 5 nitrogen and oxygen atoms in total. The van der Waals surface area contributed by atoms with E-state index in [4.69, 9.17) is 11.0 Å². The van der Waals surface area contributed by atoms with Gasteiger partial charge in [0.1, 0.15) is 5.82 Å². The Kier molecular flexibility index (Phi) is 3.67. The van der Waals surface area contributed by atoms with Crippen LogP contribution in [0.4, 0.5) is 30.6 Å². The fourth-order valence-electron chi connectivity index (χ4n) is 1.76. The highest BCUT2D eigenvalue weighted by molar-refractivity contribution is 5.60. The largest absolute Gasteiger partial charge is 0.417 e. The molecule has 108 valence electrons. The molecule has 0 saturated carbocycles. The molecule has 2 aromatic rings. The summed E-state index contributed by atoms with van der Waals surface area (Å²) in [5, 5.41) is 11.4. The smallest absolute Gasteiger partial charge is 0.368 e. The molecule has 8 heteroatoms. The zero-order valence-electron chi connectivity index (χ0n) is 10.9. The van der Waals surface area contributed by atoms with Crippen molar-refractivity contribution < 1.29 is 13.2 Å². The first-order valence-electron chi connectivity index (χ1n) is 5.79. The Bertz CT molecular complexity index is 698. The fraction of sp³-hybridized carbons (Fsp3) is 0.154. The number of halogens is 3. The molecule has 21 heavy (non-hydrogen) atoms. The summed E-state index contributed by atoms with van der Waals surface area (Å²) >= 11 is 0. The van der Waals surface area contributed by atoms with Gasteiger partial charge in [-0.2, -0.15) is 23.4 Å². The quantitative estimate of drug-likeness (QED) is 0.888. The van der Waals surface area contributed by atoms with Gasteiger partial charge in [0.15, 0.2) is 0 Å². The summed E-state index contributed by atoms with van der Waals surface area (Å²) < 4.78 is 38.6. The Balaban J connectivity index is 2.40. The van der Waals surface area contributed by atoms with E-state index in [2.05, 4.69) is 15.3 Å². The molecule has 0 aliphatic carbocycles. The van der Waals surface area contributed by atoms with Crippen LogP contribution in [0.15, 0.2) is 24.3 Å². The van der Waals surface area contributed by atoms with Crippen LogP contribution in [0.3, 0.4) is 0 Å². The maximum Gasteiger partial charge on any atom is 0.417 e. The molecule has 1 aromatic carbocycles. The van der Waals surface area contributed by atoms with Crippen LogP contribution in [-0.4, -0.2) is 9.97 Å². The van der Waals surface area contributed by atoms with Gasteiger partial charge in [0.25, 0.3) is 0 Å². The Morgan fingerprint density at radius 2 is 1.95 bits per heavy atom. The predicted octanol–water partition coefficient (Wildman–Crippen LogP) is 3.00. The summed E-state index contributed by atoms with van der Waals surface area (Å²) in [4.78, 5) is 7.74. The highest BCUT2D eigenvalue weighted by Gasteiger charge is 2.33. The number of nitrogens with two attached hydrogens (primary N) is 1. The average Bonchev–Trinajstić information content (AvgIpc) is 2.36. The van der Waals surface area contributed by atoms with Crippen molar-refractivity contribution in [2.24, 2.45) is 0 Å². The summed E-state index contributed by atoms with van der Waals surface area (Å²) in [6, 6.07) is 6.38. The van der Waals surface area contributed by atoms with Gasteiger partial charge in [0.2, 0.25) is 5.95 Å². The molecule has 0 bridgehead atoms. The molecule has 0 aliphatic rings. The molecular weight excluding hydrogens is 283 g/mol. The highest BCUT2D eigenvalue weighted by atomic mass is 19.4. The van der Waals surface area contributed by atoms with E-state index in [-0.39, 0.29) is 17.5 Å². The third kappa shape index (κ3) is 3.39. The average molecular weight is 293 g/mol. The van der Waals surface area contributed by atoms with Gasteiger partial charge in [-0.3, -0.25) is 0 Å². The van der Waals surface area contributed by atoms with E-state index in [0.717, 1.165) is 12.1 Å². The zero-order chi connectivity index (χ0) is 15.6. The number of hydrogen-bond acceptors (Lipinski definition) is 5. The molecular formula is C13H10F3N5. The van der Waals surface area contributed by atoms with Crippen molar-refractivity contribution in [2.45, 2.75) is 13.1 Å². The maximum atomic E-state index is 12.9. The minimum absolute atomic E-state index is 0.0159.